The van der Waals surface area contributed by atoms with E-state index < -0.39 is 6.10 Å². The molecule has 0 bridgehead atoms. The molecule has 5 heteroatoms. The lowest BCUT2D eigenvalue weighted by Crippen LogP contribution is -2.40. The Morgan fingerprint density at radius 2 is 2.20 bits per heavy atom. The first-order valence-corrected chi connectivity index (χ1v) is 7.01. The van der Waals surface area contributed by atoms with Gasteiger partial charge in [0, 0.05) is 13.1 Å². The Morgan fingerprint density at radius 3 is 2.80 bits per heavy atom. The standard InChI is InChI=1S/C15H22N2O3/c1-20-13-6-4-11(5-7-13)3-2-8-16-15(19)14-9-12(18)10-17-14/h4-7,12,14,17-18H,2-3,8-10H2,1H3,(H,16,19)/t12-,14-/m1/s1. The molecule has 0 spiro atoms. The van der Waals surface area contributed by atoms with Crippen molar-refractivity contribution in [3.05, 3.63) is 29.8 Å². The van der Waals surface area contributed by atoms with Crippen LogP contribution in [0.15, 0.2) is 24.3 Å². The topological polar surface area (TPSA) is 70.6 Å². The number of aliphatic hydroxyl groups is 1. The summed E-state index contributed by atoms with van der Waals surface area (Å²) in [5.74, 6) is 0.837. The van der Waals surface area contributed by atoms with Gasteiger partial charge in [0.1, 0.15) is 5.75 Å². The molecule has 1 aromatic rings. The molecule has 2 rings (SSSR count). The van der Waals surface area contributed by atoms with E-state index in [9.17, 15) is 9.90 Å². The highest BCUT2D eigenvalue weighted by molar-refractivity contribution is 5.82. The molecular weight excluding hydrogens is 256 g/mol. The Bertz CT molecular complexity index is 433. The summed E-state index contributed by atoms with van der Waals surface area (Å²) in [6.07, 6.45) is 1.92. The second-order valence-corrected chi connectivity index (χ2v) is 5.09. The molecule has 0 aromatic heterocycles. The van der Waals surface area contributed by atoms with Gasteiger partial charge in [0.2, 0.25) is 5.91 Å². The number of rotatable bonds is 6. The van der Waals surface area contributed by atoms with E-state index in [-0.39, 0.29) is 11.9 Å². The molecule has 3 N–H and O–H groups in total. The molecule has 0 unspecified atom stereocenters. The van der Waals surface area contributed by atoms with Gasteiger partial charge < -0.3 is 20.5 Å². The second kappa shape index (κ2) is 7.26. The van der Waals surface area contributed by atoms with Crippen LogP contribution in [0.25, 0.3) is 0 Å². The first-order valence-electron chi connectivity index (χ1n) is 7.01. The highest BCUT2D eigenvalue weighted by atomic mass is 16.5. The van der Waals surface area contributed by atoms with Gasteiger partial charge in [0.15, 0.2) is 0 Å². The van der Waals surface area contributed by atoms with E-state index in [1.807, 2.05) is 24.3 Å². The number of β-amino-alcohol motifs (C(OH)–C–C–N with tert-alkyl or cyclic N) is 1. The first kappa shape index (κ1) is 14.8. The molecule has 0 saturated carbocycles. The van der Waals surface area contributed by atoms with Crippen LogP contribution in [0.5, 0.6) is 5.75 Å². The predicted octanol–water partition coefficient (Wildman–Crippen LogP) is 0.467. The highest BCUT2D eigenvalue weighted by Gasteiger charge is 2.27. The summed E-state index contributed by atoms with van der Waals surface area (Å²) in [6, 6.07) is 7.71. The molecule has 1 aromatic carbocycles. The van der Waals surface area contributed by atoms with Gasteiger partial charge in [-0.3, -0.25) is 4.79 Å². The number of nitrogens with one attached hydrogen (secondary N) is 2. The fourth-order valence-electron chi connectivity index (χ4n) is 2.34. The number of carbonyl (C=O) groups is 1. The zero-order valence-corrected chi connectivity index (χ0v) is 11.8. The Balaban J connectivity index is 1.64. The minimum Gasteiger partial charge on any atom is -0.497 e. The molecule has 5 nitrogen and oxygen atoms in total. The summed E-state index contributed by atoms with van der Waals surface area (Å²) in [5.41, 5.74) is 1.23. The Morgan fingerprint density at radius 1 is 1.45 bits per heavy atom. The molecule has 1 aliphatic rings. The van der Waals surface area contributed by atoms with E-state index in [1.54, 1.807) is 7.11 Å². The summed E-state index contributed by atoms with van der Waals surface area (Å²) < 4.78 is 5.11. The largest absolute Gasteiger partial charge is 0.497 e. The van der Waals surface area contributed by atoms with Gasteiger partial charge in [0.25, 0.3) is 0 Å². The summed E-state index contributed by atoms with van der Waals surface area (Å²) >= 11 is 0. The van der Waals surface area contributed by atoms with Crippen LogP contribution in [0.1, 0.15) is 18.4 Å². The van der Waals surface area contributed by atoms with Gasteiger partial charge in [-0.05, 0) is 37.0 Å². The Labute approximate surface area is 119 Å². The van der Waals surface area contributed by atoms with Crippen molar-refractivity contribution in [2.24, 2.45) is 0 Å². The number of ether oxygens (including phenoxy) is 1. The molecule has 2 atom stereocenters. The van der Waals surface area contributed by atoms with Crippen molar-refractivity contribution in [1.82, 2.24) is 10.6 Å². The number of hydrogen-bond donors (Lipinski definition) is 3. The quantitative estimate of drug-likeness (QED) is 0.662. The lowest BCUT2D eigenvalue weighted by molar-refractivity contribution is -0.122. The summed E-state index contributed by atoms with van der Waals surface area (Å²) in [5, 5.41) is 15.3. The average Bonchev–Trinajstić information content (AvgIpc) is 2.91. The van der Waals surface area contributed by atoms with Crippen molar-refractivity contribution in [2.45, 2.75) is 31.4 Å². The maximum absolute atomic E-state index is 11.8. The molecule has 1 aliphatic heterocycles. The van der Waals surface area contributed by atoms with Crippen LogP contribution >= 0.6 is 0 Å². The van der Waals surface area contributed by atoms with Crippen LogP contribution in [0, 0.1) is 0 Å². The zero-order chi connectivity index (χ0) is 14.4. The van der Waals surface area contributed by atoms with E-state index in [4.69, 9.17) is 4.74 Å². The van der Waals surface area contributed by atoms with Crippen LogP contribution in [-0.2, 0) is 11.2 Å². The van der Waals surface area contributed by atoms with Crippen molar-refractivity contribution in [3.8, 4) is 5.75 Å². The normalized spacial score (nSPS) is 21.7. The monoisotopic (exact) mass is 278 g/mol. The minimum absolute atomic E-state index is 0.0173. The Kier molecular flexibility index (Phi) is 5.38. The van der Waals surface area contributed by atoms with Crippen LogP contribution in [0.3, 0.4) is 0 Å². The number of benzene rings is 1. The van der Waals surface area contributed by atoms with Crippen LogP contribution < -0.4 is 15.4 Å². The van der Waals surface area contributed by atoms with E-state index in [1.165, 1.54) is 5.56 Å². The predicted molar refractivity (Wildman–Crippen MR) is 76.7 cm³/mol. The molecule has 0 aliphatic carbocycles. The molecule has 1 heterocycles. The maximum atomic E-state index is 11.8. The van der Waals surface area contributed by atoms with Gasteiger partial charge in [-0.25, -0.2) is 0 Å². The molecule has 0 radical (unpaired) electrons. The number of aryl methyl sites for hydroxylation is 1. The van der Waals surface area contributed by atoms with E-state index >= 15 is 0 Å². The molecule has 110 valence electrons. The first-order chi connectivity index (χ1) is 9.69. The molecule has 1 amide bonds. The van der Waals surface area contributed by atoms with Crippen molar-refractivity contribution in [2.75, 3.05) is 20.2 Å². The van der Waals surface area contributed by atoms with Gasteiger partial charge in [-0.15, -0.1) is 0 Å². The van der Waals surface area contributed by atoms with Crippen LogP contribution in [0.4, 0.5) is 0 Å². The van der Waals surface area contributed by atoms with Crippen LogP contribution in [-0.4, -0.2) is 43.4 Å². The summed E-state index contributed by atoms with van der Waals surface area (Å²) in [7, 11) is 1.65. The van der Waals surface area contributed by atoms with Crippen molar-refractivity contribution in [3.63, 3.8) is 0 Å². The molecule has 1 saturated heterocycles. The molecule has 20 heavy (non-hydrogen) atoms. The SMILES string of the molecule is COc1ccc(CCCNC(=O)[C@H]2C[C@@H](O)CN2)cc1. The zero-order valence-electron chi connectivity index (χ0n) is 11.8. The highest BCUT2D eigenvalue weighted by Crippen LogP contribution is 2.12. The fraction of sp³-hybridized carbons (Fsp3) is 0.533. The van der Waals surface area contributed by atoms with Crippen molar-refractivity contribution < 1.29 is 14.6 Å². The number of amides is 1. The molecular formula is C15H22N2O3. The van der Waals surface area contributed by atoms with Crippen molar-refractivity contribution >= 4 is 5.91 Å². The molecule has 1 fully saturated rings. The van der Waals surface area contributed by atoms with Gasteiger partial charge >= 0.3 is 0 Å². The van der Waals surface area contributed by atoms with Crippen molar-refractivity contribution in [1.29, 1.82) is 0 Å². The van der Waals surface area contributed by atoms with Gasteiger partial charge in [-0.1, -0.05) is 12.1 Å². The average molecular weight is 278 g/mol. The minimum atomic E-state index is -0.398. The van der Waals surface area contributed by atoms with Gasteiger partial charge in [-0.2, -0.15) is 0 Å². The lowest BCUT2D eigenvalue weighted by Gasteiger charge is -2.11. The number of methoxy groups -OCH3 is 1. The third kappa shape index (κ3) is 4.21. The summed E-state index contributed by atoms with van der Waals surface area (Å²) in [4.78, 5) is 11.8. The third-order valence-electron chi connectivity index (χ3n) is 3.52. The fourth-order valence-corrected chi connectivity index (χ4v) is 2.34. The number of carbonyl (C=O) groups excluding carboxylic acids is 1. The number of hydrogen-bond acceptors (Lipinski definition) is 4. The smallest absolute Gasteiger partial charge is 0.237 e. The van der Waals surface area contributed by atoms with Crippen LogP contribution in [0.2, 0.25) is 0 Å². The second-order valence-electron chi connectivity index (χ2n) is 5.09. The number of aliphatic hydroxyl groups excluding tert-OH is 1. The lowest BCUT2D eigenvalue weighted by atomic mass is 10.1. The summed E-state index contributed by atoms with van der Waals surface area (Å²) in [6.45, 7) is 1.16. The Hall–Kier alpha value is -1.59. The van der Waals surface area contributed by atoms with Gasteiger partial charge in [0.05, 0.1) is 19.3 Å². The van der Waals surface area contributed by atoms with E-state index in [0.717, 1.165) is 18.6 Å². The van der Waals surface area contributed by atoms with E-state index in [2.05, 4.69) is 10.6 Å². The van der Waals surface area contributed by atoms with E-state index in [0.29, 0.717) is 19.5 Å². The maximum Gasteiger partial charge on any atom is 0.237 e. The third-order valence-corrected chi connectivity index (χ3v) is 3.52.